The Morgan fingerprint density at radius 3 is 2.82 bits per heavy atom. The molecule has 0 spiro atoms. The molecule has 1 rings (SSSR count). The summed E-state index contributed by atoms with van der Waals surface area (Å²) >= 11 is 9.26. The van der Waals surface area contributed by atoms with E-state index in [-0.39, 0.29) is 5.91 Å². The Morgan fingerprint density at radius 1 is 1.35 bits per heavy atom. The van der Waals surface area contributed by atoms with Crippen LogP contribution in [0.2, 0.25) is 5.02 Å². The molecule has 94 valence electrons. The second kappa shape index (κ2) is 8.48. The van der Waals surface area contributed by atoms with Crippen molar-refractivity contribution in [1.82, 2.24) is 10.3 Å². The van der Waals surface area contributed by atoms with Gasteiger partial charge in [0.15, 0.2) is 0 Å². The highest BCUT2D eigenvalue weighted by Crippen LogP contribution is 2.12. The Labute approximate surface area is 115 Å². The average Bonchev–Trinajstić information content (AvgIpc) is 2.34. The molecule has 1 aromatic rings. The molecule has 17 heavy (non-hydrogen) atoms. The molecule has 1 N–H and O–H groups in total. The lowest BCUT2D eigenvalue weighted by atomic mass is 10.2. The number of halogens is 2. The molecule has 0 saturated heterocycles. The maximum atomic E-state index is 11.7. The van der Waals surface area contributed by atoms with Crippen LogP contribution < -0.4 is 5.32 Å². The number of carbonyl (C=O) groups excluding carboxylic acids is 1. The molecule has 1 amide bonds. The summed E-state index contributed by atoms with van der Waals surface area (Å²) in [6.45, 7) is 0.694. The van der Waals surface area contributed by atoms with Crippen molar-refractivity contribution in [2.24, 2.45) is 0 Å². The van der Waals surface area contributed by atoms with Crippen molar-refractivity contribution >= 4 is 33.4 Å². The molecule has 0 radical (unpaired) electrons. The lowest BCUT2D eigenvalue weighted by molar-refractivity contribution is 0.0953. The number of unbranched alkanes of at least 4 members (excludes halogenated alkanes) is 3. The summed E-state index contributed by atoms with van der Waals surface area (Å²) in [4.78, 5) is 15.6. The van der Waals surface area contributed by atoms with Crippen molar-refractivity contribution in [3.05, 3.63) is 29.0 Å². The van der Waals surface area contributed by atoms with Crippen LogP contribution in [0.4, 0.5) is 0 Å². The van der Waals surface area contributed by atoms with Gasteiger partial charge >= 0.3 is 0 Å². The maximum Gasteiger partial charge on any atom is 0.252 e. The topological polar surface area (TPSA) is 42.0 Å². The van der Waals surface area contributed by atoms with Crippen LogP contribution >= 0.6 is 27.5 Å². The maximum absolute atomic E-state index is 11.7. The van der Waals surface area contributed by atoms with Gasteiger partial charge in [0.25, 0.3) is 5.91 Å². The summed E-state index contributed by atoms with van der Waals surface area (Å²) < 4.78 is 0. The van der Waals surface area contributed by atoms with Crippen LogP contribution in [0.15, 0.2) is 18.5 Å². The van der Waals surface area contributed by atoms with Gasteiger partial charge in [0, 0.05) is 24.3 Å². The van der Waals surface area contributed by atoms with E-state index in [4.69, 9.17) is 11.6 Å². The van der Waals surface area contributed by atoms with Crippen molar-refractivity contribution < 1.29 is 4.79 Å². The molecule has 0 aliphatic heterocycles. The number of hydrogen-bond donors (Lipinski definition) is 1. The zero-order valence-electron chi connectivity index (χ0n) is 9.59. The van der Waals surface area contributed by atoms with Crippen molar-refractivity contribution in [2.45, 2.75) is 25.7 Å². The summed E-state index contributed by atoms with van der Waals surface area (Å²) in [5.74, 6) is -0.127. The zero-order valence-corrected chi connectivity index (χ0v) is 11.9. The van der Waals surface area contributed by atoms with Crippen molar-refractivity contribution in [2.75, 3.05) is 11.9 Å². The summed E-state index contributed by atoms with van der Waals surface area (Å²) in [7, 11) is 0. The molecule has 0 saturated carbocycles. The van der Waals surface area contributed by atoms with Crippen LogP contribution in [0.5, 0.6) is 0 Å². The number of nitrogens with one attached hydrogen (secondary N) is 1. The smallest absolute Gasteiger partial charge is 0.252 e. The van der Waals surface area contributed by atoms with E-state index < -0.39 is 0 Å². The van der Waals surface area contributed by atoms with E-state index in [2.05, 4.69) is 26.2 Å². The molecule has 3 nitrogen and oxygen atoms in total. The fraction of sp³-hybridized carbons (Fsp3) is 0.500. The third-order valence-electron chi connectivity index (χ3n) is 2.36. The normalized spacial score (nSPS) is 10.2. The molecule has 0 aliphatic rings. The SMILES string of the molecule is O=C(NCCCCCCBr)c1ccncc1Cl. The molecule has 1 aromatic heterocycles. The lowest BCUT2D eigenvalue weighted by Crippen LogP contribution is -2.24. The number of amides is 1. The summed E-state index contributed by atoms with van der Waals surface area (Å²) in [6.07, 6.45) is 7.56. The zero-order chi connectivity index (χ0) is 12.5. The van der Waals surface area contributed by atoms with Crippen LogP contribution in [0.3, 0.4) is 0 Å². The molecular weight excluding hydrogens is 304 g/mol. The molecule has 0 fully saturated rings. The molecular formula is C12H16BrClN2O. The van der Waals surface area contributed by atoms with E-state index in [1.54, 1.807) is 12.3 Å². The fourth-order valence-electron chi connectivity index (χ4n) is 1.43. The minimum atomic E-state index is -0.127. The molecule has 0 aromatic carbocycles. The largest absolute Gasteiger partial charge is 0.352 e. The van der Waals surface area contributed by atoms with Gasteiger partial charge in [0.05, 0.1) is 10.6 Å². The highest BCUT2D eigenvalue weighted by atomic mass is 79.9. The van der Waals surface area contributed by atoms with Crippen molar-refractivity contribution in [3.8, 4) is 0 Å². The summed E-state index contributed by atoms with van der Waals surface area (Å²) in [5.41, 5.74) is 0.488. The second-order valence-electron chi connectivity index (χ2n) is 3.71. The number of nitrogens with zero attached hydrogens (tertiary/aromatic N) is 1. The first kappa shape index (κ1) is 14.5. The van der Waals surface area contributed by atoms with Crippen LogP contribution in [0.25, 0.3) is 0 Å². The van der Waals surface area contributed by atoms with Crippen LogP contribution in [0, 0.1) is 0 Å². The number of carbonyl (C=O) groups is 1. The Bertz CT molecular complexity index is 360. The van der Waals surface area contributed by atoms with Gasteiger partial charge in [-0.25, -0.2) is 0 Å². The van der Waals surface area contributed by atoms with Crippen molar-refractivity contribution in [1.29, 1.82) is 0 Å². The number of alkyl halides is 1. The first-order chi connectivity index (χ1) is 8.25. The van der Waals surface area contributed by atoms with Crippen LogP contribution in [0.1, 0.15) is 36.0 Å². The summed E-state index contributed by atoms with van der Waals surface area (Å²) in [5, 5.41) is 4.29. The van der Waals surface area contributed by atoms with Crippen molar-refractivity contribution in [3.63, 3.8) is 0 Å². The van der Waals surface area contributed by atoms with E-state index in [0.717, 1.165) is 18.2 Å². The van der Waals surface area contributed by atoms with Gasteiger partial charge < -0.3 is 5.32 Å². The first-order valence-corrected chi connectivity index (χ1v) is 7.19. The second-order valence-corrected chi connectivity index (χ2v) is 4.91. The highest BCUT2D eigenvalue weighted by Gasteiger charge is 2.08. The first-order valence-electron chi connectivity index (χ1n) is 5.69. The lowest BCUT2D eigenvalue weighted by Gasteiger charge is -2.05. The van der Waals surface area contributed by atoms with Gasteiger partial charge in [-0.3, -0.25) is 9.78 Å². The van der Waals surface area contributed by atoms with Gasteiger partial charge in [-0.05, 0) is 18.9 Å². The Kier molecular flexibility index (Phi) is 7.21. The van der Waals surface area contributed by atoms with E-state index in [9.17, 15) is 4.79 Å². The molecule has 0 bridgehead atoms. The van der Waals surface area contributed by atoms with Crippen LogP contribution in [-0.2, 0) is 0 Å². The standard InChI is InChI=1S/C12H16BrClN2O/c13-6-3-1-2-4-7-16-12(17)10-5-8-15-9-11(10)14/h5,8-9H,1-4,6-7H2,(H,16,17). The minimum Gasteiger partial charge on any atom is -0.352 e. The van der Waals surface area contributed by atoms with E-state index >= 15 is 0 Å². The van der Waals surface area contributed by atoms with E-state index in [0.29, 0.717) is 17.1 Å². The number of rotatable bonds is 7. The average molecular weight is 320 g/mol. The van der Waals surface area contributed by atoms with Gasteiger partial charge in [-0.1, -0.05) is 40.4 Å². The van der Waals surface area contributed by atoms with E-state index in [1.807, 2.05) is 0 Å². The van der Waals surface area contributed by atoms with Gasteiger partial charge in [0.1, 0.15) is 0 Å². The molecule has 0 aliphatic carbocycles. The molecule has 0 atom stereocenters. The quantitative estimate of drug-likeness (QED) is 0.618. The predicted molar refractivity (Wildman–Crippen MR) is 73.8 cm³/mol. The third kappa shape index (κ3) is 5.50. The number of pyridine rings is 1. The van der Waals surface area contributed by atoms with E-state index in [1.165, 1.54) is 19.0 Å². The van der Waals surface area contributed by atoms with Gasteiger partial charge in [-0.15, -0.1) is 0 Å². The monoisotopic (exact) mass is 318 g/mol. The third-order valence-corrected chi connectivity index (χ3v) is 3.22. The fourth-order valence-corrected chi connectivity index (χ4v) is 2.03. The highest BCUT2D eigenvalue weighted by molar-refractivity contribution is 9.09. The van der Waals surface area contributed by atoms with Gasteiger partial charge in [0.2, 0.25) is 0 Å². The Balaban J connectivity index is 2.24. The molecule has 5 heteroatoms. The Morgan fingerprint density at radius 2 is 2.12 bits per heavy atom. The minimum absolute atomic E-state index is 0.127. The Hall–Kier alpha value is -0.610. The number of aromatic nitrogens is 1. The van der Waals surface area contributed by atoms with Crippen LogP contribution in [-0.4, -0.2) is 22.8 Å². The van der Waals surface area contributed by atoms with Gasteiger partial charge in [-0.2, -0.15) is 0 Å². The predicted octanol–water partition coefficient (Wildman–Crippen LogP) is 3.42. The summed E-state index contributed by atoms with van der Waals surface area (Å²) in [6, 6.07) is 1.63. The molecule has 1 heterocycles. The number of hydrogen-bond acceptors (Lipinski definition) is 2. The molecule has 0 unspecified atom stereocenters.